The van der Waals surface area contributed by atoms with Crippen LogP contribution in [0.15, 0.2) is 42.5 Å². The molecule has 0 saturated carbocycles. The Morgan fingerprint density at radius 2 is 2.00 bits per heavy atom. The van der Waals surface area contributed by atoms with Gasteiger partial charge in [-0.2, -0.15) is 0 Å². The highest BCUT2D eigenvalue weighted by Gasteiger charge is 2.02. The van der Waals surface area contributed by atoms with Crippen molar-refractivity contribution in [1.82, 2.24) is 10.3 Å². The molecular formula is C14H14ClN3O2. The van der Waals surface area contributed by atoms with Crippen LogP contribution >= 0.6 is 11.6 Å². The van der Waals surface area contributed by atoms with Gasteiger partial charge in [0.2, 0.25) is 0 Å². The van der Waals surface area contributed by atoms with Crippen LogP contribution in [0.2, 0.25) is 5.02 Å². The molecule has 0 atom stereocenters. The molecule has 0 aliphatic heterocycles. The number of aryl methyl sites for hydroxylation is 1. The van der Waals surface area contributed by atoms with E-state index in [9.17, 15) is 4.79 Å². The summed E-state index contributed by atoms with van der Waals surface area (Å²) in [5.74, 6) is 1.12. The van der Waals surface area contributed by atoms with E-state index in [-0.39, 0.29) is 12.8 Å². The number of nitrogens with zero attached hydrogens (tertiary/aromatic N) is 1. The molecule has 2 amide bonds. The van der Waals surface area contributed by atoms with Gasteiger partial charge in [0.1, 0.15) is 11.6 Å². The lowest BCUT2D eigenvalue weighted by molar-refractivity contribution is 0.234. The van der Waals surface area contributed by atoms with Crippen molar-refractivity contribution in [3.05, 3.63) is 53.2 Å². The number of carbonyl (C=O) groups is 1. The second-order valence-corrected chi connectivity index (χ2v) is 4.47. The molecule has 0 aliphatic rings. The van der Waals surface area contributed by atoms with Crippen molar-refractivity contribution in [2.75, 3.05) is 12.0 Å². The van der Waals surface area contributed by atoms with Gasteiger partial charge in [-0.15, -0.1) is 0 Å². The number of urea groups is 1. The third kappa shape index (κ3) is 4.44. The minimum atomic E-state index is -0.378. The summed E-state index contributed by atoms with van der Waals surface area (Å²) >= 11 is 5.76. The Morgan fingerprint density at radius 1 is 1.25 bits per heavy atom. The third-order valence-corrected chi connectivity index (χ3v) is 2.67. The van der Waals surface area contributed by atoms with Crippen LogP contribution in [0.1, 0.15) is 5.69 Å². The van der Waals surface area contributed by atoms with Gasteiger partial charge in [0.05, 0.1) is 0 Å². The van der Waals surface area contributed by atoms with E-state index in [1.54, 1.807) is 30.3 Å². The average molecular weight is 292 g/mol. The zero-order valence-electron chi connectivity index (χ0n) is 10.9. The quantitative estimate of drug-likeness (QED) is 0.850. The van der Waals surface area contributed by atoms with Gasteiger partial charge in [-0.05, 0) is 43.3 Å². The summed E-state index contributed by atoms with van der Waals surface area (Å²) in [6, 6.07) is 11.9. The number of hydrogen-bond donors (Lipinski definition) is 2. The maximum atomic E-state index is 11.6. The Balaban J connectivity index is 1.76. The van der Waals surface area contributed by atoms with Crippen molar-refractivity contribution in [2.45, 2.75) is 6.92 Å². The SMILES string of the molecule is Cc1cccc(NC(=O)NCOc2ccc(Cl)cc2)n1. The van der Waals surface area contributed by atoms with Crippen molar-refractivity contribution in [3.63, 3.8) is 0 Å². The van der Waals surface area contributed by atoms with Gasteiger partial charge in [0.15, 0.2) is 6.73 Å². The Kier molecular flexibility index (Phi) is 4.79. The largest absolute Gasteiger partial charge is 0.473 e. The Bertz CT molecular complexity index is 587. The predicted molar refractivity (Wildman–Crippen MR) is 78.1 cm³/mol. The first-order chi connectivity index (χ1) is 9.63. The molecule has 0 aliphatic carbocycles. The molecule has 5 nitrogen and oxygen atoms in total. The number of rotatable bonds is 4. The fraction of sp³-hybridized carbons (Fsp3) is 0.143. The van der Waals surface area contributed by atoms with E-state index in [1.807, 2.05) is 19.1 Å². The van der Waals surface area contributed by atoms with Crippen LogP contribution < -0.4 is 15.4 Å². The van der Waals surface area contributed by atoms with Gasteiger partial charge in [-0.1, -0.05) is 17.7 Å². The number of nitrogens with one attached hydrogen (secondary N) is 2. The lowest BCUT2D eigenvalue weighted by Crippen LogP contribution is -2.32. The summed E-state index contributed by atoms with van der Waals surface area (Å²) in [7, 11) is 0. The zero-order chi connectivity index (χ0) is 14.4. The molecular weight excluding hydrogens is 278 g/mol. The maximum Gasteiger partial charge on any atom is 0.323 e. The highest BCUT2D eigenvalue weighted by atomic mass is 35.5. The topological polar surface area (TPSA) is 63.2 Å². The number of halogens is 1. The van der Waals surface area contributed by atoms with Crippen LogP contribution in [0.25, 0.3) is 0 Å². The number of carbonyl (C=O) groups excluding carboxylic acids is 1. The van der Waals surface area contributed by atoms with Crippen molar-refractivity contribution >= 4 is 23.4 Å². The molecule has 0 fully saturated rings. The van der Waals surface area contributed by atoms with E-state index >= 15 is 0 Å². The lowest BCUT2D eigenvalue weighted by atomic mass is 10.3. The molecule has 0 saturated heterocycles. The molecule has 104 valence electrons. The number of benzene rings is 1. The monoisotopic (exact) mass is 291 g/mol. The van der Waals surface area contributed by atoms with E-state index in [0.717, 1.165) is 5.69 Å². The maximum absolute atomic E-state index is 11.6. The number of anilines is 1. The Morgan fingerprint density at radius 3 is 2.70 bits per heavy atom. The first-order valence-corrected chi connectivity index (χ1v) is 6.38. The van der Waals surface area contributed by atoms with Gasteiger partial charge in [0.25, 0.3) is 0 Å². The summed E-state index contributed by atoms with van der Waals surface area (Å²) < 4.78 is 5.34. The van der Waals surface area contributed by atoms with Crippen LogP contribution in [0, 0.1) is 6.92 Å². The highest BCUT2D eigenvalue weighted by molar-refractivity contribution is 6.30. The highest BCUT2D eigenvalue weighted by Crippen LogP contribution is 2.14. The van der Waals surface area contributed by atoms with E-state index in [4.69, 9.17) is 16.3 Å². The lowest BCUT2D eigenvalue weighted by Gasteiger charge is -2.09. The Labute approximate surface area is 121 Å². The van der Waals surface area contributed by atoms with Gasteiger partial charge >= 0.3 is 6.03 Å². The van der Waals surface area contributed by atoms with E-state index in [0.29, 0.717) is 16.6 Å². The molecule has 2 N–H and O–H groups in total. The summed E-state index contributed by atoms with van der Waals surface area (Å²) in [5, 5.41) is 5.82. The van der Waals surface area contributed by atoms with E-state index in [2.05, 4.69) is 15.6 Å². The molecule has 0 unspecified atom stereocenters. The molecule has 1 heterocycles. The second kappa shape index (κ2) is 6.77. The standard InChI is InChI=1S/C14H14ClN3O2/c1-10-3-2-4-13(17-10)18-14(19)16-9-20-12-7-5-11(15)6-8-12/h2-8H,9H2,1H3,(H2,16,17,18,19). The first kappa shape index (κ1) is 14.1. The van der Waals surface area contributed by atoms with Crippen molar-refractivity contribution < 1.29 is 9.53 Å². The minimum Gasteiger partial charge on any atom is -0.473 e. The predicted octanol–water partition coefficient (Wildman–Crippen LogP) is 3.20. The van der Waals surface area contributed by atoms with Crippen molar-refractivity contribution in [3.8, 4) is 5.75 Å². The molecule has 2 rings (SSSR count). The fourth-order valence-electron chi connectivity index (χ4n) is 1.49. The molecule has 0 radical (unpaired) electrons. The average Bonchev–Trinajstić information content (AvgIpc) is 2.41. The van der Waals surface area contributed by atoms with Crippen LogP contribution in [0.5, 0.6) is 5.75 Å². The molecule has 20 heavy (non-hydrogen) atoms. The normalized spacial score (nSPS) is 9.90. The fourth-order valence-corrected chi connectivity index (χ4v) is 1.61. The van der Waals surface area contributed by atoms with Crippen LogP contribution in [-0.2, 0) is 0 Å². The first-order valence-electron chi connectivity index (χ1n) is 6.00. The summed E-state index contributed by atoms with van der Waals surface area (Å²) in [5.41, 5.74) is 0.834. The van der Waals surface area contributed by atoms with E-state index in [1.165, 1.54) is 0 Å². The van der Waals surface area contributed by atoms with Crippen molar-refractivity contribution in [2.24, 2.45) is 0 Å². The summed E-state index contributed by atoms with van der Waals surface area (Å²) in [6.07, 6.45) is 0. The van der Waals surface area contributed by atoms with Crippen LogP contribution in [0.3, 0.4) is 0 Å². The van der Waals surface area contributed by atoms with Crippen molar-refractivity contribution in [1.29, 1.82) is 0 Å². The number of hydrogen-bond acceptors (Lipinski definition) is 3. The molecule has 2 aromatic rings. The summed E-state index contributed by atoms with van der Waals surface area (Å²) in [4.78, 5) is 15.8. The minimum absolute atomic E-state index is 0.0548. The zero-order valence-corrected chi connectivity index (χ0v) is 11.6. The van der Waals surface area contributed by atoms with E-state index < -0.39 is 0 Å². The van der Waals surface area contributed by atoms with Gasteiger partial charge < -0.3 is 10.1 Å². The molecule has 6 heteroatoms. The van der Waals surface area contributed by atoms with Crippen LogP contribution in [0.4, 0.5) is 10.6 Å². The third-order valence-electron chi connectivity index (χ3n) is 2.42. The number of ether oxygens (including phenoxy) is 1. The molecule has 1 aromatic carbocycles. The van der Waals surface area contributed by atoms with Crippen LogP contribution in [-0.4, -0.2) is 17.7 Å². The van der Waals surface area contributed by atoms with Gasteiger partial charge in [-0.3, -0.25) is 5.32 Å². The molecule has 0 bridgehead atoms. The number of amides is 2. The Hall–Kier alpha value is -2.27. The smallest absolute Gasteiger partial charge is 0.323 e. The molecule has 0 spiro atoms. The summed E-state index contributed by atoms with van der Waals surface area (Å²) in [6.45, 7) is 1.91. The van der Waals surface area contributed by atoms with Gasteiger partial charge in [0, 0.05) is 10.7 Å². The molecule has 1 aromatic heterocycles. The van der Waals surface area contributed by atoms with Gasteiger partial charge in [-0.25, -0.2) is 9.78 Å². The number of pyridine rings is 1. The number of aromatic nitrogens is 1. The second-order valence-electron chi connectivity index (χ2n) is 4.04.